The molecule has 36 heavy (non-hydrogen) atoms. The number of imide groups is 1. The number of nitrogens with zero attached hydrogens (tertiary/aromatic N) is 2. The van der Waals surface area contributed by atoms with E-state index >= 15 is 0 Å². The van der Waals surface area contributed by atoms with Crippen molar-refractivity contribution in [2.75, 3.05) is 6.61 Å². The second-order valence-corrected chi connectivity index (χ2v) is 9.98. The molecule has 0 aromatic heterocycles. The molecule has 10 heteroatoms. The molecule has 0 bridgehead atoms. The van der Waals surface area contributed by atoms with Gasteiger partial charge in [-0.3, -0.25) is 24.6 Å². The van der Waals surface area contributed by atoms with E-state index in [2.05, 4.69) is 22.6 Å². The Kier molecular flexibility index (Phi) is 8.26. The quantitative estimate of drug-likeness (QED) is 0.119. The van der Waals surface area contributed by atoms with Crippen LogP contribution in [0.3, 0.4) is 0 Å². The summed E-state index contributed by atoms with van der Waals surface area (Å²) < 4.78 is 12.7. The van der Waals surface area contributed by atoms with Crippen molar-refractivity contribution in [1.29, 1.82) is 0 Å². The minimum atomic E-state index is -0.451. The van der Waals surface area contributed by atoms with Crippen molar-refractivity contribution in [2.24, 2.45) is 0 Å². The van der Waals surface area contributed by atoms with Gasteiger partial charge >= 0.3 is 0 Å². The number of non-ortho nitro benzene ring substituents is 1. The van der Waals surface area contributed by atoms with Crippen LogP contribution in [0.25, 0.3) is 6.08 Å². The first kappa shape index (κ1) is 25.7. The molecule has 3 aromatic rings. The Labute approximate surface area is 225 Å². The largest absolute Gasteiger partial charge is 0.490 e. The molecule has 184 valence electrons. The number of carbonyl (C=O) groups is 2. The molecule has 0 saturated carbocycles. The molecular weight excluding hydrogens is 595 g/mol. The van der Waals surface area contributed by atoms with Crippen molar-refractivity contribution in [3.63, 3.8) is 0 Å². The highest BCUT2D eigenvalue weighted by Crippen LogP contribution is 2.35. The fraction of sp³-hybridized carbons (Fsp3) is 0.154. The second-order valence-electron chi connectivity index (χ2n) is 7.75. The molecule has 0 atom stereocenters. The number of ether oxygens (including phenoxy) is 2. The Hall–Kier alpha value is -3.38. The number of benzene rings is 3. The van der Waals surface area contributed by atoms with Gasteiger partial charge in [-0.15, -0.1) is 0 Å². The molecule has 1 aliphatic heterocycles. The second kappa shape index (κ2) is 11.6. The molecule has 2 amide bonds. The Morgan fingerprint density at radius 1 is 0.972 bits per heavy atom. The van der Waals surface area contributed by atoms with Crippen LogP contribution in [0, 0.1) is 13.7 Å². The first-order valence-corrected chi connectivity index (χ1v) is 12.9. The number of halogens is 1. The summed E-state index contributed by atoms with van der Waals surface area (Å²) >= 11 is 3.11. The lowest BCUT2D eigenvalue weighted by molar-refractivity contribution is -0.384. The van der Waals surface area contributed by atoms with Crippen LogP contribution in [0.1, 0.15) is 23.6 Å². The maximum atomic E-state index is 12.9. The van der Waals surface area contributed by atoms with E-state index < -0.39 is 4.92 Å². The zero-order valence-corrected chi connectivity index (χ0v) is 22.2. The number of nitro groups is 1. The van der Waals surface area contributed by atoms with E-state index in [0.29, 0.717) is 28.6 Å². The lowest BCUT2D eigenvalue weighted by Crippen LogP contribution is -2.27. The number of hydrogen-bond acceptors (Lipinski definition) is 7. The standard InChI is InChI=1S/C26H21IN2O6S/c1-2-34-23-13-19(7-12-22(23)35-16-18-5-10-21(11-6-18)29(32)33)14-24-25(30)28(26(31)36-24)15-17-3-8-20(27)9-4-17/h3-14H,2,15-16H2,1H3/b24-14-. The van der Waals surface area contributed by atoms with Crippen molar-refractivity contribution >= 4 is 57.3 Å². The van der Waals surface area contributed by atoms with E-state index in [0.717, 1.165) is 26.5 Å². The summed E-state index contributed by atoms with van der Waals surface area (Å²) in [6.07, 6.45) is 1.67. The van der Waals surface area contributed by atoms with Crippen LogP contribution in [0.2, 0.25) is 0 Å². The van der Waals surface area contributed by atoms with Gasteiger partial charge in [0, 0.05) is 15.7 Å². The lowest BCUT2D eigenvalue weighted by Gasteiger charge is -2.13. The van der Waals surface area contributed by atoms with Gasteiger partial charge in [-0.25, -0.2) is 0 Å². The maximum Gasteiger partial charge on any atom is 0.293 e. The highest BCUT2D eigenvalue weighted by Gasteiger charge is 2.35. The Morgan fingerprint density at radius 3 is 2.33 bits per heavy atom. The van der Waals surface area contributed by atoms with Gasteiger partial charge in [0.1, 0.15) is 6.61 Å². The van der Waals surface area contributed by atoms with Gasteiger partial charge in [-0.05, 0) is 100 Å². The van der Waals surface area contributed by atoms with Gasteiger partial charge in [-0.1, -0.05) is 18.2 Å². The summed E-state index contributed by atoms with van der Waals surface area (Å²) in [7, 11) is 0. The van der Waals surface area contributed by atoms with Crippen molar-refractivity contribution in [3.05, 3.63) is 102 Å². The van der Waals surface area contributed by atoms with Crippen molar-refractivity contribution in [1.82, 2.24) is 4.90 Å². The predicted molar refractivity (Wildman–Crippen MR) is 146 cm³/mol. The molecule has 8 nitrogen and oxygen atoms in total. The van der Waals surface area contributed by atoms with Crippen LogP contribution in [-0.2, 0) is 17.9 Å². The topological polar surface area (TPSA) is 99.0 Å². The third-order valence-corrected chi connectivity index (χ3v) is 6.86. The van der Waals surface area contributed by atoms with Crippen LogP contribution < -0.4 is 9.47 Å². The van der Waals surface area contributed by atoms with Gasteiger partial charge in [-0.2, -0.15) is 0 Å². The van der Waals surface area contributed by atoms with Crippen LogP contribution >= 0.6 is 34.4 Å². The van der Waals surface area contributed by atoms with Crippen LogP contribution in [0.5, 0.6) is 11.5 Å². The first-order chi connectivity index (χ1) is 17.3. The molecule has 1 aliphatic rings. The normalized spacial score (nSPS) is 14.4. The monoisotopic (exact) mass is 616 g/mol. The number of rotatable bonds is 9. The molecule has 0 radical (unpaired) electrons. The van der Waals surface area contributed by atoms with Crippen LogP contribution in [-0.4, -0.2) is 27.6 Å². The zero-order valence-electron chi connectivity index (χ0n) is 19.2. The first-order valence-electron chi connectivity index (χ1n) is 11.0. The fourth-order valence-corrected chi connectivity index (χ4v) is 4.63. The van der Waals surface area contributed by atoms with Crippen LogP contribution in [0.4, 0.5) is 10.5 Å². The fourth-order valence-electron chi connectivity index (χ4n) is 3.44. The Balaban J connectivity index is 1.48. The summed E-state index contributed by atoms with van der Waals surface area (Å²) in [5.41, 5.74) is 2.36. The third-order valence-electron chi connectivity index (χ3n) is 5.23. The smallest absolute Gasteiger partial charge is 0.293 e. The molecule has 0 unspecified atom stereocenters. The average molecular weight is 616 g/mol. The van der Waals surface area contributed by atoms with Gasteiger partial charge < -0.3 is 9.47 Å². The number of carbonyl (C=O) groups excluding carboxylic acids is 2. The van der Waals surface area contributed by atoms with Crippen molar-refractivity contribution in [2.45, 2.75) is 20.1 Å². The van der Waals surface area contributed by atoms with Gasteiger partial charge in [0.2, 0.25) is 0 Å². The number of nitro benzene ring substituents is 1. The molecular formula is C26H21IN2O6S. The van der Waals surface area contributed by atoms with E-state index in [9.17, 15) is 19.7 Å². The predicted octanol–water partition coefficient (Wildman–Crippen LogP) is 6.41. The molecule has 0 spiro atoms. The van der Waals surface area contributed by atoms with Gasteiger partial charge in [0.05, 0.1) is 23.0 Å². The summed E-state index contributed by atoms with van der Waals surface area (Å²) in [5, 5.41) is 10.5. The molecule has 1 fully saturated rings. The third kappa shape index (κ3) is 6.24. The minimum Gasteiger partial charge on any atom is -0.490 e. The Morgan fingerprint density at radius 2 is 1.67 bits per heavy atom. The average Bonchev–Trinajstić information content (AvgIpc) is 3.12. The molecule has 0 aliphatic carbocycles. The summed E-state index contributed by atoms with van der Waals surface area (Å²) in [4.78, 5) is 37.4. The van der Waals surface area contributed by atoms with Crippen molar-refractivity contribution in [3.8, 4) is 11.5 Å². The highest BCUT2D eigenvalue weighted by molar-refractivity contribution is 14.1. The molecule has 1 saturated heterocycles. The zero-order chi connectivity index (χ0) is 25.7. The van der Waals surface area contributed by atoms with Crippen LogP contribution in [0.15, 0.2) is 71.6 Å². The highest BCUT2D eigenvalue weighted by atomic mass is 127. The van der Waals surface area contributed by atoms with E-state index in [1.165, 1.54) is 17.0 Å². The molecule has 3 aromatic carbocycles. The van der Waals surface area contributed by atoms with Gasteiger partial charge in [0.15, 0.2) is 11.5 Å². The summed E-state index contributed by atoms with van der Waals surface area (Å²) in [5.74, 6) is 0.658. The van der Waals surface area contributed by atoms with Gasteiger partial charge in [0.25, 0.3) is 16.8 Å². The molecule has 4 rings (SSSR count). The SMILES string of the molecule is CCOc1cc(/C=C2\SC(=O)N(Cc3ccc(I)cc3)C2=O)ccc1OCc1ccc([N+](=O)[O-])cc1. The summed E-state index contributed by atoms with van der Waals surface area (Å²) in [6, 6.07) is 19.1. The van der Waals surface area contributed by atoms with Crippen molar-refractivity contribution < 1.29 is 24.0 Å². The van der Waals surface area contributed by atoms with E-state index in [4.69, 9.17) is 9.47 Å². The van der Waals surface area contributed by atoms with E-state index in [1.807, 2.05) is 31.2 Å². The summed E-state index contributed by atoms with van der Waals surface area (Å²) in [6.45, 7) is 2.68. The molecule has 0 N–H and O–H groups in total. The Bertz CT molecular complexity index is 1330. The molecule has 1 heterocycles. The lowest BCUT2D eigenvalue weighted by atomic mass is 10.1. The maximum absolute atomic E-state index is 12.9. The number of hydrogen-bond donors (Lipinski definition) is 0. The van der Waals surface area contributed by atoms with E-state index in [1.54, 1.807) is 36.4 Å². The number of thioether (sulfide) groups is 1. The minimum absolute atomic E-state index is 0.0149. The van der Waals surface area contributed by atoms with E-state index in [-0.39, 0.29) is 30.0 Å². The number of amides is 2.